The Kier molecular flexibility index (Phi) is 7.44. The van der Waals surface area contributed by atoms with Crippen LogP contribution in [-0.4, -0.2) is 21.3 Å². The smallest absolute Gasteiger partial charge is 0.454 e. The molecule has 0 aliphatic rings. The van der Waals surface area contributed by atoms with E-state index in [9.17, 15) is 27.6 Å². The van der Waals surface area contributed by atoms with E-state index in [1.165, 1.54) is 18.2 Å². The maximum atomic E-state index is 12.6. The lowest BCUT2D eigenvalue weighted by Gasteiger charge is -2.05. The second kappa shape index (κ2) is 9.09. The van der Waals surface area contributed by atoms with Gasteiger partial charge < -0.3 is 9.26 Å². The minimum Gasteiger partial charge on any atom is -0.454 e. The van der Waals surface area contributed by atoms with Gasteiger partial charge in [0.25, 0.3) is 0 Å². The highest BCUT2D eigenvalue weighted by molar-refractivity contribution is 6.61. The number of benzene rings is 1. The molecule has 0 saturated carbocycles. The third-order valence-electron chi connectivity index (χ3n) is 2.80. The maximum absolute atomic E-state index is 12.6. The van der Waals surface area contributed by atoms with Gasteiger partial charge in [-0.2, -0.15) is 0 Å². The zero-order valence-electron chi connectivity index (χ0n) is 13.5. The van der Waals surface area contributed by atoms with Crippen molar-refractivity contribution in [3.63, 3.8) is 0 Å². The van der Waals surface area contributed by atoms with Crippen molar-refractivity contribution in [1.29, 1.82) is 0 Å². The van der Waals surface area contributed by atoms with Crippen molar-refractivity contribution < 1.29 is 27.2 Å². The molecule has 0 aliphatic carbocycles. The highest BCUT2D eigenvalue weighted by atomic mass is 35.5. The Bertz CT molecular complexity index is 882. The van der Waals surface area contributed by atoms with Gasteiger partial charge in [0.05, 0.1) is 12.3 Å². The lowest BCUT2D eigenvalue weighted by Crippen LogP contribution is -2.37. The fraction of sp³-hybridized carbons (Fsp3) is 0.267. The summed E-state index contributed by atoms with van der Waals surface area (Å²) >= 11 is 4.72. The van der Waals surface area contributed by atoms with Gasteiger partial charge in [-0.1, -0.05) is 24.3 Å². The van der Waals surface area contributed by atoms with Gasteiger partial charge in [-0.3, -0.25) is 0 Å². The van der Waals surface area contributed by atoms with Gasteiger partial charge >= 0.3 is 23.2 Å². The summed E-state index contributed by atoms with van der Waals surface area (Å²) in [6.45, 7) is 5.55. The van der Waals surface area contributed by atoms with Crippen molar-refractivity contribution in [2.75, 3.05) is 6.61 Å². The molecule has 0 saturated heterocycles. The van der Waals surface area contributed by atoms with Gasteiger partial charge in [0, 0.05) is 11.6 Å². The summed E-state index contributed by atoms with van der Waals surface area (Å²) in [4.78, 5) is 32.5. The van der Waals surface area contributed by atoms with Crippen molar-refractivity contribution in [2.45, 2.75) is 19.6 Å². The largest absolute Gasteiger partial charge is 0.498 e. The molecule has 7 nitrogen and oxygen atoms in total. The standard InChI is InChI=1S/C12H9F3N2O3.C3H5ClO2/c1-2-5-8-6-3-4-7-9(8)17-10(18)16(11(19)20-17)12(13,14)15;1-2-6-3(4)5/h2-4,6-7H,1,5H2;2H2,1H3. The number of carbonyl (C=O) groups excluding carboxylic acids is 1. The molecular weight excluding hydrogens is 381 g/mol. The van der Waals surface area contributed by atoms with E-state index in [0.29, 0.717) is 23.3 Å². The summed E-state index contributed by atoms with van der Waals surface area (Å²) in [7, 11) is 0. The summed E-state index contributed by atoms with van der Waals surface area (Å²) in [5, 5.41) is 0. The first-order chi connectivity index (χ1) is 12.1. The zero-order valence-corrected chi connectivity index (χ0v) is 14.2. The van der Waals surface area contributed by atoms with Crippen LogP contribution in [0.15, 0.2) is 51.0 Å². The van der Waals surface area contributed by atoms with Crippen LogP contribution in [0.2, 0.25) is 0 Å². The summed E-state index contributed by atoms with van der Waals surface area (Å²) in [6.07, 6.45) is -3.30. The van der Waals surface area contributed by atoms with Crippen LogP contribution in [0.1, 0.15) is 12.5 Å². The van der Waals surface area contributed by atoms with Crippen LogP contribution in [0, 0.1) is 0 Å². The van der Waals surface area contributed by atoms with Crippen molar-refractivity contribution in [1.82, 2.24) is 9.31 Å². The summed E-state index contributed by atoms with van der Waals surface area (Å²) in [6, 6.07) is 6.13. The van der Waals surface area contributed by atoms with E-state index in [4.69, 9.17) is 11.6 Å². The fourth-order valence-electron chi connectivity index (χ4n) is 1.84. The molecule has 11 heteroatoms. The summed E-state index contributed by atoms with van der Waals surface area (Å²) < 4.78 is 45.7. The van der Waals surface area contributed by atoms with Crippen LogP contribution in [-0.2, 0) is 17.5 Å². The molecule has 0 amide bonds. The average molecular weight is 395 g/mol. The van der Waals surface area contributed by atoms with E-state index in [0.717, 1.165) is 0 Å². The third kappa shape index (κ3) is 5.38. The lowest BCUT2D eigenvalue weighted by molar-refractivity contribution is -0.209. The molecule has 0 spiro atoms. The van der Waals surface area contributed by atoms with Gasteiger partial charge in [-0.15, -0.1) is 29.1 Å². The molecule has 2 rings (SSSR count). The van der Waals surface area contributed by atoms with Crippen LogP contribution in [0.4, 0.5) is 18.0 Å². The number of allylic oxidation sites excluding steroid dienone is 1. The Balaban J connectivity index is 0.000000487. The van der Waals surface area contributed by atoms with E-state index < -0.39 is 27.7 Å². The van der Waals surface area contributed by atoms with Crippen molar-refractivity contribution >= 4 is 17.0 Å². The molecule has 1 aromatic heterocycles. The summed E-state index contributed by atoms with van der Waals surface area (Å²) in [5.74, 6) is -1.78. The molecule has 0 atom stereocenters. The van der Waals surface area contributed by atoms with Crippen LogP contribution in [0.25, 0.3) is 5.69 Å². The molecule has 0 unspecified atom stereocenters. The predicted octanol–water partition coefficient (Wildman–Crippen LogP) is 3.18. The van der Waals surface area contributed by atoms with Gasteiger partial charge in [0.2, 0.25) is 0 Å². The molecule has 0 aliphatic heterocycles. The normalized spacial score (nSPS) is 10.7. The Morgan fingerprint density at radius 2 is 1.96 bits per heavy atom. The Labute approximate surface area is 149 Å². The molecule has 0 radical (unpaired) electrons. The topological polar surface area (TPSA) is 83.4 Å². The zero-order chi connectivity index (χ0) is 19.9. The first-order valence-corrected chi connectivity index (χ1v) is 7.45. The van der Waals surface area contributed by atoms with E-state index in [1.54, 1.807) is 19.1 Å². The van der Waals surface area contributed by atoms with Gasteiger partial charge in [-0.25, -0.2) is 14.4 Å². The van der Waals surface area contributed by atoms with E-state index in [1.807, 2.05) is 0 Å². The number of alkyl halides is 3. The maximum Gasteiger partial charge on any atom is 0.498 e. The fourth-order valence-corrected chi connectivity index (χ4v) is 1.95. The highest BCUT2D eigenvalue weighted by Gasteiger charge is 2.38. The Morgan fingerprint density at radius 3 is 2.38 bits per heavy atom. The van der Waals surface area contributed by atoms with Crippen LogP contribution in [0.5, 0.6) is 0 Å². The van der Waals surface area contributed by atoms with Crippen LogP contribution in [0.3, 0.4) is 0 Å². The lowest BCUT2D eigenvalue weighted by atomic mass is 10.1. The van der Waals surface area contributed by atoms with Crippen molar-refractivity contribution in [3.05, 3.63) is 63.5 Å². The second-order valence-electron chi connectivity index (χ2n) is 4.53. The SMILES string of the molecule is C=CCc1ccccc1-n1oc(=O)n(C(F)(F)F)c1=O.CCOC(=O)Cl. The molecule has 142 valence electrons. The van der Waals surface area contributed by atoms with Crippen LogP contribution >= 0.6 is 11.6 Å². The molecule has 0 N–H and O–H groups in total. The molecule has 2 aromatic rings. The van der Waals surface area contributed by atoms with E-state index in [2.05, 4.69) is 15.8 Å². The predicted molar refractivity (Wildman–Crippen MR) is 86.6 cm³/mol. The number of nitrogens with zero attached hydrogens (tertiary/aromatic N) is 2. The van der Waals surface area contributed by atoms with Crippen LogP contribution < -0.4 is 11.4 Å². The van der Waals surface area contributed by atoms with Gasteiger partial charge in [0.15, 0.2) is 0 Å². The number of rotatable bonds is 4. The third-order valence-corrected chi connectivity index (χ3v) is 2.91. The molecular formula is C15H14ClF3N2O5. The average Bonchev–Trinajstić information content (AvgIpc) is 2.83. The van der Waals surface area contributed by atoms with Gasteiger partial charge in [0.1, 0.15) is 0 Å². The van der Waals surface area contributed by atoms with Gasteiger partial charge in [-0.05, 0) is 25.0 Å². The number of halogens is 4. The summed E-state index contributed by atoms with van der Waals surface area (Å²) in [5.41, 5.74) is -1.76. The minimum atomic E-state index is -5.13. The quantitative estimate of drug-likeness (QED) is 0.587. The Morgan fingerprint density at radius 1 is 1.35 bits per heavy atom. The second-order valence-corrected chi connectivity index (χ2v) is 4.84. The molecule has 0 fully saturated rings. The first-order valence-electron chi connectivity index (χ1n) is 7.07. The highest BCUT2D eigenvalue weighted by Crippen LogP contribution is 2.19. The number of hydrogen-bond acceptors (Lipinski definition) is 5. The molecule has 0 bridgehead atoms. The number of para-hydroxylation sites is 1. The van der Waals surface area contributed by atoms with E-state index >= 15 is 0 Å². The minimum absolute atomic E-state index is 0.0671. The van der Waals surface area contributed by atoms with E-state index in [-0.39, 0.29) is 5.69 Å². The Hall–Kier alpha value is -2.75. The number of aromatic nitrogens is 2. The number of hydrogen-bond donors (Lipinski definition) is 0. The monoisotopic (exact) mass is 394 g/mol. The molecule has 26 heavy (non-hydrogen) atoms. The van der Waals surface area contributed by atoms with Crippen molar-refractivity contribution in [3.8, 4) is 5.69 Å². The first kappa shape index (κ1) is 21.3. The molecule has 1 heterocycles. The number of ether oxygens (including phenoxy) is 1. The molecule has 1 aromatic carbocycles. The van der Waals surface area contributed by atoms with Crippen molar-refractivity contribution in [2.24, 2.45) is 0 Å². The number of carbonyl (C=O) groups is 1.